The summed E-state index contributed by atoms with van der Waals surface area (Å²) in [6.45, 7) is 2.89. The van der Waals surface area contributed by atoms with Crippen LogP contribution in [-0.4, -0.2) is 40.1 Å². The van der Waals surface area contributed by atoms with E-state index in [0.717, 1.165) is 31.2 Å². The van der Waals surface area contributed by atoms with E-state index < -0.39 is 5.60 Å². The lowest BCUT2D eigenvalue weighted by Crippen LogP contribution is -2.59. The van der Waals surface area contributed by atoms with Gasteiger partial charge in [0.15, 0.2) is 0 Å². The molecule has 5 heteroatoms. The summed E-state index contributed by atoms with van der Waals surface area (Å²) in [6.07, 6.45) is 6.24. The number of rotatable bonds is 4. The first kappa shape index (κ1) is 18.9. The number of amides is 1. The molecule has 2 aromatic rings. The van der Waals surface area contributed by atoms with Gasteiger partial charge in [-0.3, -0.25) is 4.79 Å². The fraction of sp³-hybridized carbons (Fsp3) is 0.478. The Morgan fingerprint density at radius 2 is 2.00 bits per heavy atom. The van der Waals surface area contributed by atoms with Crippen LogP contribution in [-0.2, 0) is 5.60 Å². The maximum Gasteiger partial charge on any atom is 0.259 e. The summed E-state index contributed by atoms with van der Waals surface area (Å²) < 4.78 is 5.59. The highest BCUT2D eigenvalue weighted by molar-refractivity contribution is 5.96. The van der Waals surface area contributed by atoms with E-state index in [9.17, 15) is 9.90 Å². The molecule has 3 atom stereocenters. The average molecular weight is 380 g/mol. The Kier molecular flexibility index (Phi) is 5.36. The molecule has 1 aromatic heterocycles. The van der Waals surface area contributed by atoms with Gasteiger partial charge in [-0.25, -0.2) is 4.98 Å². The monoisotopic (exact) mass is 380 g/mol. The highest BCUT2D eigenvalue weighted by Crippen LogP contribution is 2.47. The molecule has 1 N–H and O–H groups in total. The van der Waals surface area contributed by atoms with Crippen LogP contribution in [0.2, 0.25) is 0 Å². The molecule has 0 bridgehead atoms. The van der Waals surface area contributed by atoms with Crippen molar-refractivity contribution in [2.45, 2.75) is 50.7 Å². The lowest BCUT2D eigenvalue weighted by Gasteiger charge is -2.52. The Hall–Kier alpha value is -2.40. The Bertz CT molecular complexity index is 826. The predicted octanol–water partition coefficient (Wildman–Crippen LogP) is 3.77. The van der Waals surface area contributed by atoms with E-state index in [2.05, 4.69) is 4.98 Å². The van der Waals surface area contributed by atoms with Gasteiger partial charge in [-0.15, -0.1) is 0 Å². The molecule has 4 rings (SSSR count). The predicted molar refractivity (Wildman–Crippen MR) is 107 cm³/mol. The Labute approximate surface area is 166 Å². The summed E-state index contributed by atoms with van der Waals surface area (Å²) in [5, 5.41) is 11.7. The van der Waals surface area contributed by atoms with Crippen molar-refractivity contribution < 1.29 is 14.6 Å². The molecular formula is C23H28N2O3. The number of hydrogen-bond donors (Lipinski definition) is 1. The maximum absolute atomic E-state index is 13.4. The number of hydrogen-bond acceptors (Lipinski definition) is 4. The summed E-state index contributed by atoms with van der Waals surface area (Å²) in [5.41, 5.74) is 0.607. The van der Waals surface area contributed by atoms with Gasteiger partial charge in [-0.2, -0.15) is 0 Å². The highest BCUT2D eigenvalue weighted by Gasteiger charge is 2.50. The van der Waals surface area contributed by atoms with E-state index in [1.54, 1.807) is 18.3 Å². The van der Waals surface area contributed by atoms with Crippen LogP contribution in [0.25, 0.3) is 0 Å². The van der Waals surface area contributed by atoms with Crippen molar-refractivity contribution in [3.8, 4) is 5.88 Å². The van der Waals surface area contributed by atoms with Gasteiger partial charge in [0.25, 0.3) is 5.91 Å². The number of pyridine rings is 1. The second-order valence-corrected chi connectivity index (χ2v) is 7.79. The third-order valence-corrected chi connectivity index (χ3v) is 6.29. The molecule has 2 fully saturated rings. The smallest absolute Gasteiger partial charge is 0.259 e. The number of carbonyl (C=O) groups is 1. The van der Waals surface area contributed by atoms with Crippen LogP contribution in [0, 0.1) is 5.92 Å². The van der Waals surface area contributed by atoms with Gasteiger partial charge in [-0.1, -0.05) is 43.2 Å². The summed E-state index contributed by atoms with van der Waals surface area (Å²) >= 11 is 0. The van der Waals surface area contributed by atoms with Crippen molar-refractivity contribution in [1.29, 1.82) is 0 Å². The van der Waals surface area contributed by atoms with Gasteiger partial charge in [0.05, 0.1) is 12.2 Å². The van der Waals surface area contributed by atoms with Crippen molar-refractivity contribution in [1.82, 2.24) is 9.88 Å². The minimum atomic E-state index is -0.874. The Balaban J connectivity index is 1.65. The van der Waals surface area contributed by atoms with Gasteiger partial charge in [0.1, 0.15) is 5.56 Å². The van der Waals surface area contributed by atoms with E-state index in [1.165, 1.54) is 0 Å². The van der Waals surface area contributed by atoms with Crippen molar-refractivity contribution in [2.24, 2.45) is 5.92 Å². The molecule has 1 saturated carbocycles. The van der Waals surface area contributed by atoms with Gasteiger partial charge >= 0.3 is 0 Å². The lowest BCUT2D eigenvalue weighted by molar-refractivity contribution is -0.110. The van der Waals surface area contributed by atoms with Crippen LogP contribution < -0.4 is 4.74 Å². The van der Waals surface area contributed by atoms with Gasteiger partial charge in [-0.05, 0) is 43.9 Å². The topological polar surface area (TPSA) is 62.7 Å². The van der Waals surface area contributed by atoms with Crippen molar-refractivity contribution >= 4 is 5.91 Å². The molecular weight excluding hydrogens is 352 g/mol. The van der Waals surface area contributed by atoms with Crippen molar-refractivity contribution in [3.05, 3.63) is 59.8 Å². The van der Waals surface area contributed by atoms with Crippen LogP contribution in [0.1, 0.15) is 54.9 Å². The van der Waals surface area contributed by atoms with Crippen molar-refractivity contribution in [2.75, 3.05) is 13.2 Å². The first-order chi connectivity index (χ1) is 13.6. The van der Waals surface area contributed by atoms with E-state index in [4.69, 9.17) is 4.74 Å². The third-order valence-electron chi connectivity index (χ3n) is 6.29. The number of aliphatic hydroxyl groups is 1. The second-order valence-electron chi connectivity index (χ2n) is 7.79. The normalized spacial score (nSPS) is 27.1. The summed E-state index contributed by atoms with van der Waals surface area (Å²) in [6, 6.07) is 13.6. The van der Waals surface area contributed by atoms with E-state index in [1.807, 2.05) is 42.2 Å². The number of piperidine rings is 1. The standard InChI is InChI=1S/C23H28N2O3/c1-2-28-21-18(11-8-15-24-21)22(26)25-16-14-23(27,17-9-4-3-5-10-17)19-12-6-7-13-20(19)25/h3-5,8-11,15,19-20,27H,2,6-7,12-14,16H2,1H3/t19-,20-,23?/m0/s1. The highest BCUT2D eigenvalue weighted by atomic mass is 16.5. The largest absolute Gasteiger partial charge is 0.477 e. The van der Waals surface area contributed by atoms with E-state index in [-0.39, 0.29) is 17.9 Å². The number of ether oxygens (including phenoxy) is 1. The quantitative estimate of drug-likeness (QED) is 0.877. The van der Waals surface area contributed by atoms with Crippen LogP contribution in [0.4, 0.5) is 0 Å². The molecule has 28 heavy (non-hydrogen) atoms. The molecule has 1 saturated heterocycles. The Morgan fingerprint density at radius 1 is 1.21 bits per heavy atom. The van der Waals surface area contributed by atoms with Crippen LogP contribution >= 0.6 is 0 Å². The molecule has 5 nitrogen and oxygen atoms in total. The number of fused-ring (bicyclic) bond motifs is 1. The Morgan fingerprint density at radius 3 is 2.79 bits per heavy atom. The lowest BCUT2D eigenvalue weighted by atomic mass is 9.66. The average Bonchev–Trinajstić information content (AvgIpc) is 2.75. The zero-order valence-electron chi connectivity index (χ0n) is 16.4. The summed E-state index contributed by atoms with van der Waals surface area (Å²) in [7, 11) is 0. The molecule has 1 aliphatic heterocycles. The van der Waals surface area contributed by atoms with Crippen LogP contribution in [0.5, 0.6) is 5.88 Å². The zero-order valence-corrected chi connectivity index (χ0v) is 16.4. The van der Waals surface area contributed by atoms with Gasteiger partial charge in [0.2, 0.25) is 5.88 Å². The van der Waals surface area contributed by atoms with E-state index in [0.29, 0.717) is 31.0 Å². The van der Waals surface area contributed by atoms with Crippen molar-refractivity contribution in [3.63, 3.8) is 0 Å². The first-order valence-electron chi connectivity index (χ1n) is 10.3. The molecule has 1 aromatic carbocycles. The fourth-order valence-corrected chi connectivity index (χ4v) is 4.98. The number of carbonyl (C=O) groups excluding carboxylic acids is 1. The molecule has 148 valence electrons. The van der Waals surface area contributed by atoms with Crippen LogP contribution in [0.15, 0.2) is 48.7 Å². The first-order valence-corrected chi connectivity index (χ1v) is 10.3. The third kappa shape index (κ3) is 3.28. The minimum Gasteiger partial charge on any atom is -0.477 e. The number of likely N-dealkylation sites (tertiary alicyclic amines) is 1. The molecule has 1 amide bonds. The van der Waals surface area contributed by atoms with E-state index >= 15 is 0 Å². The maximum atomic E-state index is 13.4. The molecule has 2 aliphatic rings. The van der Waals surface area contributed by atoms with Gasteiger partial charge in [0, 0.05) is 24.7 Å². The molecule has 1 unspecified atom stereocenters. The minimum absolute atomic E-state index is 0.0369. The molecule has 0 spiro atoms. The molecule has 1 aliphatic carbocycles. The second kappa shape index (κ2) is 7.92. The van der Waals surface area contributed by atoms with Crippen LogP contribution in [0.3, 0.4) is 0 Å². The SMILES string of the molecule is CCOc1ncccc1C(=O)N1CCC(O)(c2ccccc2)[C@H]2CCCC[C@@H]21. The summed E-state index contributed by atoms with van der Waals surface area (Å²) in [5.74, 6) is 0.406. The zero-order chi connectivity index (χ0) is 19.6. The number of aromatic nitrogens is 1. The number of nitrogens with zero attached hydrogens (tertiary/aromatic N) is 2. The molecule has 2 heterocycles. The van der Waals surface area contributed by atoms with Gasteiger partial charge < -0.3 is 14.7 Å². The fourth-order valence-electron chi connectivity index (χ4n) is 4.98. The molecule has 0 radical (unpaired) electrons. The number of benzene rings is 1. The summed E-state index contributed by atoms with van der Waals surface area (Å²) in [4.78, 5) is 19.6.